The molecule has 1 heterocycles. The van der Waals surface area contributed by atoms with E-state index in [1.807, 2.05) is 54.6 Å². The minimum Gasteiger partial charge on any atom is -0.445 e. The first-order valence-corrected chi connectivity index (χ1v) is 15.7. The number of aliphatic hydroxyl groups excluding tert-OH is 1. The van der Waals surface area contributed by atoms with Gasteiger partial charge in [0.15, 0.2) is 0 Å². The van der Waals surface area contributed by atoms with E-state index in [1.165, 1.54) is 4.31 Å². The molecule has 0 saturated carbocycles. The molecule has 10 heteroatoms. The first kappa shape index (κ1) is 33.6. The van der Waals surface area contributed by atoms with Gasteiger partial charge in [-0.1, -0.05) is 78.9 Å². The second-order valence-corrected chi connectivity index (χ2v) is 12.6. The first-order valence-electron chi connectivity index (χ1n) is 14.3. The number of likely N-dealkylation sites (N-methyl/N-ethyl adjacent to an activating group) is 1. The monoisotopic (exact) mass is 615 g/mol. The van der Waals surface area contributed by atoms with Crippen molar-refractivity contribution in [1.29, 1.82) is 0 Å². The average molecular weight is 616 g/mol. The number of ether oxygens (including phenoxy) is 1. The number of carbonyl (C=O) groups is 1. The summed E-state index contributed by atoms with van der Waals surface area (Å²) in [5.41, 5.74) is 2.04. The quantitative estimate of drug-likeness (QED) is 0.291. The van der Waals surface area contributed by atoms with Gasteiger partial charge in [-0.3, -0.25) is 0 Å². The number of hydrogen-bond donors (Lipinski definition) is 1. The van der Waals surface area contributed by atoms with Gasteiger partial charge in [0.1, 0.15) is 6.61 Å². The maximum absolute atomic E-state index is 13.2. The molecule has 1 atom stereocenters. The molecule has 1 aliphatic rings. The van der Waals surface area contributed by atoms with Crippen LogP contribution in [0.5, 0.6) is 0 Å². The van der Waals surface area contributed by atoms with Gasteiger partial charge in [-0.2, -0.15) is 0 Å². The van der Waals surface area contributed by atoms with Crippen LogP contribution in [0.15, 0.2) is 95.9 Å². The Balaban J connectivity index is 0.00000484. The van der Waals surface area contributed by atoms with Crippen molar-refractivity contribution in [2.45, 2.75) is 42.7 Å². The predicted molar refractivity (Wildman–Crippen MR) is 167 cm³/mol. The molecule has 4 rings (SSSR count). The number of likely N-dealkylation sites (tertiary alicyclic amines) is 1. The fourth-order valence-electron chi connectivity index (χ4n) is 5.40. The molecule has 0 aromatic heterocycles. The van der Waals surface area contributed by atoms with E-state index in [-0.39, 0.29) is 44.1 Å². The maximum Gasteiger partial charge on any atom is 0.410 e. The zero-order chi connectivity index (χ0) is 29.1. The zero-order valence-electron chi connectivity index (χ0n) is 24.1. The van der Waals surface area contributed by atoms with Crippen molar-refractivity contribution in [3.05, 3.63) is 102 Å². The lowest BCUT2D eigenvalue weighted by Crippen LogP contribution is -2.48. The minimum absolute atomic E-state index is 0. The predicted octanol–water partition coefficient (Wildman–Crippen LogP) is 5.00. The molecule has 3 aromatic rings. The van der Waals surface area contributed by atoms with Crippen LogP contribution in [0.2, 0.25) is 0 Å². The molecule has 1 saturated heterocycles. The molecule has 3 aromatic carbocycles. The lowest BCUT2D eigenvalue weighted by atomic mass is 9.94. The van der Waals surface area contributed by atoms with Crippen LogP contribution in [0.1, 0.15) is 36.3 Å². The third-order valence-electron chi connectivity index (χ3n) is 7.77. The van der Waals surface area contributed by atoms with Crippen molar-refractivity contribution in [2.75, 3.05) is 46.4 Å². The molecule has 42 heavy (non-hydrogen) atoms. The highest BCUT2D eigenvalue weighted by molar-refractivity contribution is 7.89. The van der Waals surface area contributed by atoms with Crippen molar-refractivity contribution < 1.29 is 23.1 Å². The van der Waals surface area contributed by atoms with Crippen LogP contribution in [-0.2, 0) is 21.4 Å². The molecule has 0 unspecified atom stereocenters. The fraction of sp³-hybridized carbons (Fsp3) is 0.406. The highest BCUT2D eigenvalue weighted by Gasteiger charge is 2.30. The first-order chi connectivity index (χ1) is 19.9. The van der Waals surface area contributed by atoms with Crippen molar-refractivity contribution in [1.82, 2.24) is 14.1 Å². The fourth-order valence-corrected chi connectivity index (χ4v) is 6.63. The van der Waals surface area contributed by atoms with Crippen LogP contribution >= 0.6 is 12.4 Å². The standard InChI is InChI=1S/C32H41N3O5S.ClH/c1-33(41(38,39)31-15-9-4-10-16-31)25-29(28-13-7-3-8-14-28)17-20-34-21-18-30(19-22-34)35(23-24-36)32(37)40-26-27-11-5-2-6-12-27;/h2-16,29-30,36H,17-26H2,1H3;1H/t29-;/m1./s1. The summed E-state index contributed by atoms with van der Waals surface area (Å²) in [6.07, 6.45) is 1.99. The van der Waals surface area contributed by atoms with Crippen LogP contribution in [0, 0.1) is 0 Å². The summed E-state index contributed by atoms with van der Waals surface area (Å²) in [4.78, 5) is 17.2. The van der Waals surface area contributed by atoms with Gasteiger partial charge in [-0.25, -0.2) is 17.5 Å². The van der Waals surface area contributed by atoms with E-state index in [0.29, 0.717) is 11.4 Å². The molecule has 1 N–H and O–H groups in total. The van der Waals surface area contributed by atoms with Crippen molar-refractivity contribution >= 4 is 28.5 Å². The van der Waals surface area contributed by atoms with E-state index < -0.39 is 16.1 Å². The van der Waals surface area contributed by atoms with Crippen LogP contribution < -0.4 is 0 Å². The van der Waals surface area contributed by atoms with E-state index in [9.17, 15) is 18.3 Å². The Labute approximate surface area is 256 Å². The average Bonchev–Trinajstić information content (AvgIpc) is 3.02. The number of nitrogens with zero attached hydrogens (tertiary/aromatic N) is 3. The third-order valence-corrected chi connectivity index (χ3v) is 9.61. The summed E-state index contributed by atoms with van der Waals surface area (Å²) in [7, 11) is -1.94. The summed E-state index contributed by atoms with van der Waals surface area (Å²) in [6.45, 7) is 3.18. The van der Waals surface area contributed by atoms with Crippen molar-refractivity contribution in [3.63, 3.8) is 0 Å². The molecule has 1 aliphatic heterocycles. The highest BCUT2D eigenvalue weighted by atomic mass is 35.5. The van der Waals surface area contributed by atoms with Gasteiger partial charge < -0.3 is 19.6 Å². The van der Waals surface area contributed by atoms with Crippen LogP contribution in [-0.4, -0.2) is 86.1 Å². The molecular formula is C32H42ClN3O5S. The number of aliphatic hydroxyl groups is 1. The SMILES string of the molecule is CN(C[C@@H](CCN1CCC(N(CCO)C(=O)OCc2ccccc2)CC1)c1ccccc1)S(=O)(=O)c1ccccc1.Cl. The third kappa shape index (κ3) is 9.28. The number of rotatable bonds is 13. The number of carbonyl (C=O) groups excluding carboxylic acids is 1. The Kier molecular flexibility index (Phi) is 13.3. The van der Waals surface area contributed by atoms with Gasteiger partial charge in [-0.05, 0) is 55.0 Å². The highest BCUT2D eigenvalue weighted by Crippen LogP contribution is 2.26. The van der Waals surface area contributed by atoms with Gasteiger partial charge in [0.25, 0.3) is 0 Å². The van der Waals surface area contributed by atoms with Gasteiger partial charge in [0.05, 0.1) is 11.5 Å². The number of benzene rings is 3. The topological polar surface area (TPSA) is 90.4 Å². The molecule has 0 spiro atoms. The van der Waals surface area contributed by atoms with Crippen molar-refractivity contribution in [2.24, 2.45) is 0 Å². The largest absolute Gasteiger partial charge is 0.445 e. The smallest absolute Gasteiger partial charge is 0.410 e. The summed E-state index contributed by atoms with van der Waals surface area (Å²) in [5.74, 6) is 0.0382. The second kappa shape index (κ2) is 16.6. The molecule has 0 bridgehead atoms. The van der Waals surface area contributed by atoms with E-state index in [0.717, 1.165) is 50.0 Å². The van der Waals surface area contributed by atoms with E-state index in [2.05, 4.69) is 17.0 Å². The summed E-state index contributed by atoms with van der Waals surface area (Å²) in [6, 6.07) is 28.2. The summed E-state index contributed by atoms with van der Waals surface area (Å²) < 4.78 is 33.4. The van der Waals surface area contributed by atoms with Gasteiger partial charge in [0.2, 0.25) is 10.0 Å². The van der Waals surface area contributed by atoms with Crippen LogP contribution in [0.4, 0.5) is 4.79 Å². The normalized spacial score (nSPS) is 15.1. The van der Waals surface area contributed by atoms with Crippen molar-refractivity contribution in [3.8, 4) is 0 Å². The van der Waals surface area contributed by atoms with Gasteiger partial charge in [-0.15, -0.1) is 12.4 Å². The summed E-state index contributed by atoms with van der Waals surface area (Å²) in [5, 5.41) is 9.60. The Morgan fingerprint density at radius 1 is 0.952 bits per heavy atom. The molecule has 0 aliphatic carbocycles. The Bertz CT molecular complexity index is 1310. The molecule has 228 valence electrons. The molecule has 8 nitrogen and oxygen atoms in total. The Morgan fingerprint density at radius 3 is 2.12 bits per heavy atom. The Morgan fingerprint density at radius 2 is 1.52 bits per heavy atom. The molecule has 1 fully saturated rings. The van der Waals surface area contributed by atoms with Gasteiger partial charge in [0, 0.05) is 39.3 Å². The lowest BCUT2D eigenvalue weighted by Gasteiger charge is -2.38. The Hall–Kier alpha value is -2.95. The number of amides is 1. The van der Waals surface area contributed by atoms with E-state index in [1.54, 1.807) is 36.2 Å². The number of halogens is 1. The molecule has 1 amide bonds. The van der Waals surface area contributed by atoms with Crippen LogP contribution in [0.3, 0.4) is 0 Å². The number of sulfonamides is 1. The van der Waals surface area contributed by atoms with E-state index in [4.69, 9.17) is 4.74 Å². The number of hydrogen-bond acceptors (Lipinski definition) is 6. The lowest BCUT2D eigenvalue weighted by molar-refractivity contribution is 0.0521. The maximum atomic E-state index is 13.2. The van der Waals surface area contributed by atoms with Gasteiger partial charge >= 0.3 is 6.09 Å². The van der Waals surface area contributed by atoms with E-state index >= 15 is 0 Å². The molecular weight excluding hydrogens is 574 g/mol. The minimum atomic E-state index is -3.59. The zero-order valence-corrected chi connectivity index (χ0v) is 25.8. The second-order valence-electron chi connectivity index (χ2n) is 10.5. The molecule has 0 radical (unpaired) electrons. The summed E-state index contributed by atoms with van der Waals surface area (Å²) >= 11 is 0. The number of piperidine rings is 1. The van der Waals surface area contributed by atoms with Crippen LogP contribution in [0.25, 0.3) is 0 Å².